The van der Waals surface area contributed by atoms with Gasteiger partial charge in [0.1, 0.15) is 5.75 Å². The number of hydrogen-bond donors (Lipinski definition) is 1. The van der Waals surface area contributed by atoms with Crippen molar-refractivity contribution >= 4 is 11.5 Å². The summed E-state index contributed by atoms with van der Waals surface area (Å²) in [5.41, 5.74) is 2.11. The van der Waals surface area contributed by atoms with Crippen molar-refractivity contribution in [2.45, 2.75) is 6.36 Å². The SMILES string of the molecule is O=C(O)/C=C/C=C(\c1ccccc1)c1ccc(OC(F)(F)F)cc1. The van der Waals surface area contributed by atoms with Crippen LogP contribution in [0.4, 0.5) is 13.2 Å². The maximum Gasteiger partial charge on any atom is 0.573 e. The molecular weight excluding hydrogens is 321 g/mol. The van der Waals surface area contributed by atoms with Crippen molar-refractivity contribution in [2.75, 3.05) is 0 Å². The predicted molar refractivity (Wildman–Crippen MR) is 83.4 cm³/mol. The van der Waals surface area contributed by atoms with E-state index in [0.717, 1.165) is 11.6 Å². The van der Waals surface area contributed by atoms with Crippen molar-refractivity contribution in [3.63, 3.8) is 0 Å². The van der Waals surface area contributed by atoms with Crippen molar-refractivity contribution in [1.29, 1.82) is 0 Å². The summed E-state index contributed by atoms with van der Waals surface area (Å²) in [6.07, 6.45) is -0.818. The van der Waals surface area contributed by atoms with Gasteiger partial charge in [0.2, 0.25) is 0 Å². The monoisotopic (exact) mass is 334 g/mol. The van der Waals surface area contributed by atoms with Crippen LogP contribution >= 0.6 is 0 Å². The van der Waals surface area contributed by atoms with Gasteiger partial charge in [-0.2, -0.15) is 0 Å². The van der Waals surface area contributed by atoms with Crippen LogP contribution in [0.3, 0.4) is 0 Å². The average molecular weight is 334 g/mol. The van der Waals surface area contributed by atoms with Crippen molar-refractivity contribution in [1.82, 2.24) is 0 Å². The molecule has 2 aromatic carbocycles. The molecule has 0 aliphatic carbocycles. The number of alkyl halides is 3. The van der Waals surface area contributed by atoms with E-state index < -0.39 is 12.3 Å². The molecule has 0 saturated heterocycles. The lowest BCUT2D eigenvalue weighted by molar-refractivity contribution is -0.274. The molecule has 3 nitrogen and oxygen atoms in total. The highest BCUT2D eigenvalue weighted by Gasteiger charge is 2.30. The number of benzene rings is 2. The molecule has 0 atom stereocenters. The second-order valence-electron chi connectivity index (χ2n) is 4.72. The molecule has 0 spiro atoms. The van der Waals surface area contributed by atoms with E-state index in [1.54, 1.807) is 6.08 Å². The maximum absolute atomic E-state index is 12.2. The Hall–Kier alpha value is -3.02. The first-order valence-electron chi connectivity index (χ1n) is 6.88. The number of carboxylic acids is 1. The molecule has 0 amide bonds. The van der Waals surface area contributed by atoms with Crippen molar-refractivity contribution < 1.29 is 27.8 Å². The van der Waals surface area contributed by atoms with Crippen LogP contribution in [0.2, 0.25) is 0 Å². The van der Waals surface area contributed by atoms with Gasteiger partial charge < -0.3 is 9.84 Å². The summed E-state index contributed by atoms with van der Waals surface area (Å²) in [7, 11) is 0. The van der Waals surface area contributed by atoms with Crippen LogP contribution in [-0.2, 0) is 4.79 Å². The molecule has 0 aliphatic rings. The highest BCUT2D eigenvalue weighted by Crippen LogP contribution is 2.27. The standard InChI is InChI=1S/C18H13F3O3/c19-18(20,21)24-15-11-9-14(10-12-15)16(7-4-8-17(22)23)13-5-2-1-3-6-13/h1-12H,(H,22,23)/b8-4+,16-7+. The summed E-state index contributed by atoms with van der Waals surface area (Å²) in [6, 6.07) is 14.5. The van der Waals surface area contributed by atoms with E-state index in [2.05, 4.69) is 4.74 Å². The number of halogens is 3. The first-order chi connectivity index (χ1) is 11.3. The third kappa shape index (κ3) is 5.31. The number of carbonyl (C=O) groups is 1. The zero-order chi connectivity index (χ0) is 17.6. The normalized spacial score (nSPS) is 12.4. The van der Waals surface area contributed by atoms with Crippen LogP contribution < -0.4 is 4.74 Å². The van der Waals surface area contributed by atoms with E-state index in [9.17, 15) is 18.0 Å². The van der Waals surface area contributed by atoms with E-state index >= 15 is 0 Å². The van der Waals surface area contributed by atoms with Crippen LogP contribution in [0.15, 0.2) is 72.8 Å². The first-order valence-corrected chi connectivity index (χ1v) is 6.88. The van der Waals surface area contributed by atoms with Gasteiger partial charge in [0.15, 0.2) is 0 Å². The van der Waals surface area contributed by atoms with Gasteiger partial charge in [0.05, 0.1) is 0 Å². The van der Waals surface area contributed by atoms with E-state index in [4.69, 9.17) is 5.11 Å². The van der Waals surface area contributed by atoms with Gasteiger partial charge in [-0.3, -0.25) is 0 Å². The number of aliphatic carboxylic acids is 1. The number of carboxylic acid groups (broad SMARTS) is 1. The average Bonchev–Trinajstić information content (AvgIpc) is 2.52. The minimum absolute atomic E-state index is 0.320. The van der Waals surface area contributed by atoms with Gasteiger partial charge >= 0.3 is 12.3 Å². The Morgan fingerprint density at radius 2 is 1.54 bits per heavy atom. The lowest BCUT2D eigenvalue weighted by atomic mass is 9.97. The zero-order valence-corrected chi connectivity index (χ0v) is 12.3. The molecule has 2 aromatic rings. The Kier molecular flexibility index (Phi) is 5.42. The molecular formula is C18H13F3O3. The zero-order valence-electron chi connectivity index (χ0n) is 12.3. The molecule has 0 unspecified atom stereocenters. The van der Waals surface area contributed by atoms with Gasteiger partial charge in [0, 0.05) is 6.08 Å². The Morgan fingerprint density at radius 3 is 2.08 bits per heavy atom. The molecule has 2 rings (SSSR count). The van der Waals surface area contributed by atoms with Gasteiger partial charge in [0.25, 0.3) is 0 Å². The number of ether oxygens (including phenoxy) is 1. The van der Waals surface area contributed by atoms with Crippen LogP contribution in [0.25, 0.3) is 5.57 Å². The van der Waals surface area contributed by atoms with E-state index in [1.807, 2.05) is 30.3 Å². The lowest BCUT2D eigenvalue weighted by Gasteiger charge is -2.11. The number of rotatable bonds is 5. The summed E-state index contributed by atoms with van der Waals surface area (Å²) >= 11 is 0. The second-order valence-corrected chi connectivity index (χ2v) is 4.72. The van der Waals surface area contributed by atoms with Gasteiger partial charge in [-0.1, -0.05) is 54.6 Å². The summed E-state index contributed by atoms with van der Waals surface area (Å²) in [5, 5.41) is 8.67. The van der Waals surface area contributed by atoms with Crippen LogP contribution in [-0.4, -0.2) is 17.4 Å². The fourth-order valence-corrected chi connectivity index (χ4v) is 2.04. The molecule has 0 saturated carbocycles. The molecule has 124 valence electrons. The molecule has 0 aromatic heterocycles. The molecule has 6 heteroatoms. The predicted octanol–water partition coefficient (Wildman–Crippen LogP) is 4.66. The minimum atomic E-state index is -4.75. The first kappa shape index (κ1) is 17.3. The smallest absolute Gasteiger partial charge is 0.478 e. The van der Waals surface area contributed by atoms with E-state index in [1.165, 1.54) is 30.3 Å². The topological polar surface area (TPSA) is 46.5 Å². The summed E-state index contributed by atoms with van der Waals surface area (Å²) in [6.45, 7) is 0. The second kappa shape index (κ2) is 7.50. The Bertz CT molecular complexity index is 745. The third-order valence-corrected chi connectivity index (χ3v) is 2.99. The summed E-state index contributed by atoms with van der Waals surface area (Å²) < 4.78 is 40.5. The van der Waals surface area contributed by atoms with Crippen LogP contribution in [0.1, 0.15) is 11.1 Å². The van der Waals surface area contributed by atoms with Crippen LogP contribution in [0.5, 0.6) is 5.75 Å². The van der Waals surface area contributed by atoms with E-state index in [-0.39, 0.29) is 5.75 Å². The maximum atomic E-state index is 12.2. The highest BCUT2D eigenvalue weighted by atomic mass is 19.4. The Morgan fingerprint density at radius 1 is 0.958 bits per heavy atom. The molecule has 24 heavy (non-hydrogen) atoms. The molecule has 0 heterocycles. The lowest BCUT2D eigenvalue weighted by Crippen LogP contribution is -2.17. The molecule has 0 radical (unpaired) electrons. The highest BCUT2D eigenvalue weighted by molar-refractivity contribution is 5.84. The largest absolute Gasteiger partial charge is 0.573 e. The third-order valence-electron chi connectivity index (χ3n) is 2.99. The quantitative estimate of drug-likeness (QED) is 0.639. The fourth-order valence-electron chi connectivity index (χ4n) is 2.04. The Balaban J connectivity index is 2.35. The molecule has 0 aliphatic heterocycles. The van der Waals surface area contributed by atoms with E-state index in [0.29, 0.717) is 11.1 Å². The molecule has 0 fully saturated rings. The number of allylic oxidation sites excluding steroid dienone is 2. The molecule has 0 bridgehead atoms. The fraction of sp³-hybridized carbons (Fsp3) is 0.0556. The summed E-state index contributed by atoms with van der Waals surface area (Å²) in [4.78, 5) is 10.6. The van der Waals surface area contributed by atoms with Gasteiger partial charge in [-0.05, 0) is 28.8 Å². The molecule has 1 N–H and O–H groups in total. The number of hydrogen-bond acceptors (Lipinski definition) is 2. The Labute approximate surface area is 136 Å². The van der Waals surface area contributed by atoms with Crippen molar-refractivity contribution in [2.24, 2.45) is 0 Å². The van der Waals surface area contributed by atoms with Gasteiger partial charge in [-0.15, -0.1) is 13.2 Å². The van der Waals surface area contributed by atoms with Crippen LogP contribution in [0, 0.1) is 0 Å². The summed E-state index contributed by atoms with van der Waals surface area (Å²) in [5.74, 6) is -1.41. The minimum Gasteiger partial charge on any atom is -0.478 e. The van der Waals surface area contributed by atoms with Gasteiger partial charge in [-0.25, -0.2) is 4.79 Å². The van der Waals surface area contributed by atoms with Crippen molar-refractivity contribution in [3.05, 3.63) is 84.0 Å². The van der Waals surface area contributed by atoms with Crippen molar-refractivity contribution in [3.8, 4) is 5.75 Å².